The van der Waals surface area contributed by atoms with Gasteiger partial charge in [-0.1, -0.05) is 278 Å². The molecule has 19 heteroatoms. The molecule has 5 atom stereocenters. The number of hydrogen-bond acceptors (Lipinski definition) is 15. The van der Waals surface area contributed by atoms with E-state index in [1.54, 1.807) is 0 Å². The summed E-state index contributed by atoms with van der Waals surface area (Å²) in [6.07, 6.45) is 81.9. The van der Waals surface area contributed by atoms with Crippen molar-refractivity contribution >= 4 is 39.5 Å². The first kappa shape index (κ1) is 97.5. The first-order chi connectivity index (χ1) is 49.7. The van der Waals surface area contributed by atoms with Gasteiger partial charge in [0.15, 0.2) is 12.2 Å². The molecule has 0 aromatic carbocycles. The number of unbranched alkanes of at least 4 members (excludes halogenated alkanes) is 28. The van der Waals surface area contributed by atoms with Gasteiger partial charge in [-0.15, -0.1) is 0 Å². The van der Waals surface area contributed by atoms with Crippen LogP contribution in [-0.4, -0.2) is 96.7 Å². The molecule has 0 radical (unpaired) electrons. The van der Waals surface area contributed by atoms with Crippen LogP contribution >= 0.6 is 15.6 Å². The third-order valence-electron chi connectivity index (χ3n) is 16.4. The molecule has 102 heavy (non-hydrogen) atoms. The van der Waals surface area contributed by atoms with Crippen molar-refractivity contribution in [1.82, 2.24) is 0 Å². The van der Waals surface area contributed by atoms with Crippen molar-refractivity contribution in [1.29, 1.82) is 0 Å². The highest BCUT2D eigenvalue weighted by Gasteiger charge is 2.30. The minimum atomic E-state index is -5.00. The summed E-state index contributed by atoms with van der Waals surface area (Å²) in [5, 5.41) is 10.6. The summed E-state index contributed by atoms with van der Waals surface area (Å²) in [5.74, 6) is -2.30. The number of aliphatic hydroxyl groups excluding tert-OH is 1. The van der Waals surface area contributed by atoms with E-state index < -0.39 is 97.5 Å². The van der Waals surface area contributed by atoms with Crippen molar-refractivity contribution < 1.29 is 80.2 Å². The molecule has 0 aromatic rings. The smallest absolute Gasteiger partial charge is 0.462 e. The van der Waals surface area contributed by atoms with Crippen molar-refractivity contribution in [3.05, 3.63) is 122 Å². The number of hydrogen-bond donors (Lipinski definition) is 3. The molecule has 0 aliphatic carbocycles. The first-order valence-corrected chi connectivity index (χ1v) is 42.8. The van der Waals surface area contributed by atoms with Gasteiger partial charge in [0.1, 0.15) is 19.3 Å². The highest BCUT2D eigenvalue weighted by Crippen LogP contribution is 2.45. The Bertz CT molecular complexity index is 2410. The number of allylic oxidation sites excluding steroid dienone is 20. The molecule has 17 nitrogen and oxygen atoms in total. The second kappa shape index (κ2) is 74.7. The highest BCUT2D eigenvalue weighted by molar-refractivity contribution is 7.47. The van der Waals surface area contributed by atoms with Crippen LogP contribution in [0.4, 0.5) is 0 Å². The molecule has 0 aromatic heterocycles. The van der Waals surface area contributed by atoms with Crippen molar-refractivity contribution in [3.8, 4) is 0 Å². The van der Waals surface area contributed by atoms with Crippen LogP contribution in [0.3, 0.4) is 0 Å². The molecular weight excluding hydrogens is 1330 g/mol. The zero-order valence-corrected chi connectivity index (χ0v) is 65.8. The third kappa shape index (κ3) is 73.8. The highest BCUT2D eigenvalue weighted by atomic mass is 31.2. The Kier molecular flexibility index (Phi) is 71.4. The van der Waals surface area contributed by atoms with E-state index >= 15 is 0 Å². The van der Waals surface area contributed by atoms with Gasteiger partial charge >= 0.3 is 39.5 Å². The van der Waals surface area contributed by atoms with Crippen LogP contribution < -0.4 is 0 Å². The Morgan fingerprint density at radius 2 is 0.549 bits per heavy atom. The number of rotatable bonds is 74. The second-order valence-corrected chi connectivity index (χ2v) is 29.2. The standard InChI is InChI=1S/C83H142O17P2/c1-5-9-13-17-21-25-29-33-36-37-38-39-42-45-48-52-56-60-64-68-81(86)94-74-79(100-83(88)70-66-62-58-54-50-46-41-35-31-27-23-19-15-11-7-3)76-98-102(91,92)96-72-77(84)71-95-101(89,90)97-75-78(99-82(87)69-65-61-57-53-49-43-32-28-24-20-16-12-8-4)73-93-80(85)67-63-59-55-51-47-44-40-34-30-26-22-18-14-10-6-2/h9,13,16,20-21,25,28,32-36,38-41,45,48,56,60,77-79,84H,5-8,10-12,14-15,17-19,22-24,26-27,29-31,37,42-44,46-47,49-55,57-59,61-76H2,1-4H3,(H,89,90)(H,91,92)/b13-9-,20-16-,25-21-,32-28-,36-33-,39-38-,40-34-,41-35-,48-45-,60-56-. The first-order valence-electron chi connectivity index (χ1n) is 39.8. The second-order valence-electron chi connectivity index (χ2n) is 26.3. The van der Waals surface area contributed by atoms with Crippen LogP contribution in [0.2, 0.25) is 0 Å². The molecule has 0 heterocycles. The van der Waals surface area contributed by atoms with Gasteiger partial charge in [0.05, 0.1) is 26.4 Å². The molecular formula is C83H142O17P2. The van der Waals surface area contributed by atoms with Crippen molar-refractivity contribution in [2.24, 2.45) is 0 Å². The van der Waals surface area contributed by atoms with Crippen molar-refractivity contribution in [2.75, 3.05) is 39.6 Å². The fourth-order valence-electron chi connectivity index (χ4n) is 10.3. The molecule has 0 saturated heterocycles. The Morgan fingerprint density at radius 3 is 0.892 bits per heavy atom. The van der Waals surface area contributed by atoms with Gasteiger partial charge in [-0.05, 0) is 141 Å². The molecule has 0 rings (SSSR count). The molecule has 5 unspecified atom stereocenters. The predicted molar refractivity (Wildman–Crippen MR) is 418 cm³/mol. The van der Waals surface area contributed by atoms with Crippen LogP contribution in [0.25, 0.3) is 0 Å². The Balaban J connectivity index is 5.43. The van der Waals surface area contributed by atoms with E-state index in [1.165, 1.54) is 77.0 Å². The maximum Gasteiger partial charge on any atom is 0.472 e. The number of phosphoric ester groups is 2. The molecule has 586 valence electrons. The monoisotopic (exact) mass is 1470 g/mol. The number of aliphatic hydroxyl groups is 1. The zero-order chi connectivity index (χ0) is 74.6. The van der Waals surface area contributed by atoms with Gasteiger partial charge in [0.25, 0.3) is 0 Å². The van der Waals surface area contributed by atoms with Crippen LogP contribution in [0.5, 0.6) is 0 Å². The van der Waals surface area contributed by atoms with Gasteiger partial charge in [-0.3, -0.25) is 37.3 Å². The lowest BCUT2D eigenvalue weighted by Gasteiger charge is -2.21. The molecule has 0 saturated carbocycles. The Hall–Kier alpha value is -4.54. The summed E-state index contributed by atoms with van der Waals surface area (Å²) < 4.78 is 68.5. The molecule has 0 fully saturated rings. The average Bonchev–Trinajstić information content (AvgIpc) is 0.924. The van der Waals surface area contributed by atoms with Crippen LogP contribution in [0.15, 0.2) is 122 Å². The number of ether oxygens (including phenoxy) is 4. The summed E-state index contributed by atoms with van der Waals surface area (Å²) >= 11 is 0. The van der Waals surface area contributed by atoms with Gasteiger partial charge < -0.3 is 33.8 Å². The van der Waals surface area contributed by atoms with E-state index in [-0.39, 0.29) is 25.7 Å². The lowest BCUT2D eigenvalue weighted by Crippen LogP contribution is -2.30. The Labute approximate surface area is 619 Å². The summed E-state index contributed by atoms with van der Waals surface area (Å²) in [6, 6.07) is 0. The van der Waals surface area contributed by atoms with E-state index in [0.29, 0.717) is 32.1 Å². The number of carbonyl (C=O) groups excluding carboxylic acids is 4. The largest absolute Gasteiger partial charge is 0.472 e. The maximum absolute atomic E-state index is 13.1. The number of carbonyl (C=O) groups is 4. The lowest BCUT2D eigenvalue weighted by molar-refractivity contribution is -0.161. The fourth-order valence-corrected chi connectivity index (χ4v) is 11.9. The maximum atomic E-state index is 13.1. The van der Waals surface area contributed by atoms with Crippen LogP contribution in [0.1, 0.15) is 323 Å². The number of esters is 4. The molecule has 0 amide bonds. The summed E-state index contributed by atoms with van der Waals surface area (Å²) in [5.41, 5.74) is 0. The van der Waals surface area contributed by atoms with Crippen molar-refractivity contribution in [2.45, 2.75) is 341 Å². The van der Waals surface area contributed by atoms with E-state index in [1.807, 2.05) is 18.2 Å². The van der Waals surface area contributed by atoms with Gasteiger partial charge in [0, 0.05) is 25.7 Å². The summed E-state index contributed by atoms with van der Waals surface area (Å²) in [7, 11) is -9.98. The van der Waals surface area contributed by atoms with E-state index in [2.05, 4.69) is 131 Å². The SMILES string of the molecule is CC/C=C\C/C=C\C/C=C\C/C=C\C/C=C\C/C=C\CCC(=O)OCC(COP(=O)(O)OCC(O)COP(=O)(O)OCC(COC(=O)CCCCCCC/C=C\CCCCCCCC)OC(=O)CCCCCCC/C=C\C/C=C\CCC)OC(=O)CCCCCCC/C=C\CCCCCCCC. The predicted octanol–water partition coefficient (Wildman–Crippen LogP) is 23.1. The normalized spacial score (nSPS) is 14.5. The molecule has 0 spiro atoms. The zero-order valence-electron chi connectivity index (χ0n) is 64.0. The molecule has 0 aliphatic rings. The van der Waals surface area contributed by atoms with Gasteiger partial charge in [-0.25, -0.2) is 9.13 Å². The van der Waals surface area contributed by atoms with Crippen molar-refractivity contribution in [3.63, 3.8) is 0 Å². The average molecular weight is 1470 g/mol. The lowest BCUT2D eigenvalue weighted by atomic mass is 10.1. The quantitative estimate of drug-likeness (QED) is 0.0169. The minimum Gasteiger partial charge on any atom is -0.462 e. The topological polar surface area (TPSA) is 237 Å². The number of phosphoric acid groups is 2. The van der Waals surface area contributed by atoms with E-state index in [4.69, 9.17) is 37.0 Å². The van der Waals surface area contributed by atoms with E-state index in [0.717, 1.165) is 161 Å². The fraction of sp³-hybridized carbons (Fsp3) is 0.711. The third-order valence-corrected chi connectivity index (χ3v) is 18.3. The Morgan fingerprint density at radius 1 is 0.284 bits per heavy atom. The van der Waals surface area contributed by atoms with E-state index in [9.17, 15) is 43.2 Å². The van der Waals surface area contributed by atoms with Crippen LogP contribution in [-0.2, 0) is 65.4 Å². The van der Waals surface area contributed by atoms with Gasteiger partial charge in [-0.2, -0.15) is 0 Å². The molecule has 3 N–H and O–H groups in total. The minimum absolute atomic E-state index is 0.0327. The summed E-state index contributed by atoms with van der Waals surface area (Å²) in [4.78, 5) is 72.9. The summed E-state index contributed by atoms with van der Waals surface area (Å²) in [6.45, 7) is 4.58. The molecule has 0 aliphatic heterocycles. The molecule has 0 bridgehead atoms. The van der Waals surface area contributed by atoms with Gasteiger partial charge in [0.2, 0.25) is 0 Å². The van der Waals surface area contributed by atoms with Crippen LogP contribution in [0, 0.1) is 0 Å².